The lowest BCUT2D eigenvalue weighted by Crippen LogP contribution is -2.31. The van der Waals surface area contributed by atoms with Gasteiger partial charge < -0.3 is 4.74 Å². The maximum Gasteiger partial charge on any atom is 0.242 e. The summed E-state index contributed by atoms with van der Waals surface area (Å²) in [6.07, 6.45) is 1.64. The molecule has 0 N–H and O–H groups in total. The number of halogens is 1. The first-order valence-corrected chi connectivity index (χ1v) is 10.1. The Morgan fingerprint density at radius 3 is 2.81 bits per heavy atom. The summed E-state index contributed by atoms with van der Waals surface area (Å²) in [5.74, 6) is 0.764. The number of amidine groups is 1. The Balaban J connectivity index is 1.84. The molecule has 0 spiro atoms. The number of nitrogens with zero attached hydrogens (tertiary/aromatic N) is 3. The van der Waals surface area contributed by atoms with Crippen molar-refractivity contribution in [2.75, 3.05) is 7.11 Å². The van der Waals surface area contributed by atoms with Crippen LogP contribution in [-0.4, -0.2) is 34.5 Å². The Labute approximate surface area is 171 Å². The van der Waals surface area contributed by atoms with Crippen LogP contribution in [0.2, 0.25) is 0 Å². The quantitative estimate of drug-likeness (QED) is 0.498. The summed E-state index contributed by atoms with van der Waals surface area (Å²) in [6.45, 7) is 4.43. The minimum absolute atomic E-state index is 0.0530. The molecule has 7 heteroatoms. The molecule has 1 aliphatic rings. The Morgan fingerprint density at radius 1 is 1.30 bits per heavy atom. The fourth-order valence-corrected chi connectivity index (χ4v) is 4.01. The molecule has 0 bridgehead atoms. The number of thioether (sulfide) groups is 1. The van der Waals surface area contributed by atoms with Crippen LogP contribution in [0.1, 0.15) is 23.6 Å². The van der Waals surface area contributed by atoms with E-state index in [1.54, 1.807) is 18.2 Å². The zero-order valence-corrected chi connectivity index (χ0v) is 17.8. The highest BCUT2D eigenvalue weighted by molar-refractivity contribution is 9.10. The average Bonchev–Trinajstić information content (AvgIpc) is 2.91. The molecule has 5 nitrogen and oxygen atoms in total. The fraction of sp³-hybridized carbons (Fsp3) is 0.250. The lowest BCUT2D eigenvalue weighted by molar-refractivity contribution is -0.126. The zero-order chi connectivity index (χ0) is 19.4. The van der Waals surface area contributed by atoms with Crippen molar-refractivity contribution in [3.8, 4) is 5.75 Å². The summed E-state index contributed by atoms with van der Waals surface area (Å²) in [5.41, 5.74) is 3.06. The van der Waals surface area contributed by atoms with E-state index in [0.29, 0.717) is 17.5 Å². The van der Waals surface area contributed by atoms with Crippen LogP contribution in [0, 0.1) is 6.92 Å². The number of rotatable bonds is 5. The first-order chi connectivity index (χ1) is 13.0. The van der Waals surface area contributed by atoms with Crippen molar-refractivity contribution >= 4 is 45.0 Å². The second-order valence-corrected chi connectivity index (χ2v) is 8.35. The third kappa shape index (κ3) is 4.59. The molecule has 0 aromatic heterocycles. The predicted molar refractivity (Wildman–Crippen MR) is 115 cm³/mol. The molecule has 27 heavy (non-hydrogen) atoms. The minimum Gasteiger partial charge on any atom is -0.496 e. The summed E-state index contributed by atoms with van der Waals surface area (Å²) < 4.78 is 6.27. The van der Waals surface area contributed by atoms with Gasteiger partial charge in [0.15, 0.2) is 5.17 Å². The molecule has 1 unspecified atom stereocenters. The fourth-order valence-electron chi connectivity index (χ4n) is 2.71. The standard InChI is InChI=1S/C20H20BrN3O2S/c1-13-6-4-5-7-15(13)12-24-19(25)14(2)27-20(24)23-22-11-16-10-17(21)8-9-18(16)26-3/h4-11,14H,12H2,1-3H3/b22-11+,23-20+. The molecule has 140 valence electrons. The number of amides is 1. The Morgan fingerprint density at radius 2 is 2.07 bits per heavy atom. The van der Waals surface area contributed by atoms with Gasteiger partial charge in [-0.2, -0.15) is 5.10 Å². The molecule has 0 saturated carbocycles. The molecule has 3 rings (SSSR count). The molecule has 0 radical (unpaired) electrons. The molecule has 1 amide bonds. The van der Waals surface area contributed by atoms with Gasteiger partial charge in [-0.3, -0.25) is 9.69 Å². The number of methoxy groups -OCH3 is 1. The van der Waals surface area contributed by atoms with Crippen molar-refractivity contribution in [3.63, 3.8) is 0 Å². The number of hydrogen-bond donors (Lipinski definition) is 0. The van der Waals surface area contributed by atoms with Gasteiger partial charge in [-0.25, -0.2) is 0 Å². The second kappa shape index (κ2) is 8.71. The van der Waals surface area contributed by atoms with Crippen LogP contribution in [0.4, 0.5) is 0 Å². The SMILES string of the molecule is COc1ccc(Br)cc1/C=N/N=C1/SC(C)C(=O)N1Cc1ccccc1C. The van der Waals surface area contributed by atoms with Gasteiger partial charge in [-0.05, 0) is 43.2 Å². The first kappa shape index (κ1) is 19.6. The normalized spacial score (nSPS) is 18.7. The van der Waals surface area contributed by atoms with Gasteiger partial charge in [-0.1, -0.05) is 52.0 Å². The van der Waals surface area contributed by atoms with Crippen LogP contribution in [-0.2, 0) is 11.3 Å². The Hall–Kier alpha value is -2.12. The maximum atomic E-state index is 12.6. The molecular weight excluding hydrogens is 426 g/mol. The van der Waals surface area contributed by atoms with Crippen molar-refractivity contribution in [1.82, 2.24) is 4.90 Å². The topological polar surface area (TPSA) is 54.3 Å². The minimum atomic E-state index is -0.164. The van der Waals surface area contributed by atoms with E-state index in [1.807, 2.05) is 56.3 Å². The number of aryl methyl sites for hydroxylation is 1. The van der Waals surface area contributed by atoms with Gasteiger partial charge >= 0.3 is 0 Å². The van der Waals surface area contributed by atoms with E-state index < -0.39 is 0 Å². The number of carbonyl (C=O) groups is 1. The van der Waals surface area contributed by atoms with Crippen molar-refractivity contribution in [3.05, 3.63) is 63.6 Å². The Kier molecular flexibility index (Phi) is 6.34. The van der Waals surface area contributed by atoms with Crippen molar-refractivity contribution < 1.29 is 9.53 Å². The van der Waals surface area contributed by atoms with Crippen LogP contribution in [0.5, 0.6) is 5.75 Å². The van der Waals surface area contributed by atoms with Crippen LogP contribution in [0.15, 0.2) is 57.1 Å². The molecule has 2 aromatic rings. The first-order valence-electron chi connectivity index (χ1n) is 8.46. The van der Waals surface area contributed by atoms with Crippen molar-refractivity contribution in [2.45, 2.75) is 25.6 Å². The lowest BCUT2D eigenvalue weighted by Gasteiger charge is -2.16. The highest BCUT2D eigenvalue weighted by Crippen LogP contribution is 2.29. The summed E-state index contributed by atoms with van der Waals surface area (Å²) in [7, 11) is 1.61. The van der Waals surface area contributed by atoms with Crippen LogP contribution in [0.3, 0.4) is 0 Å². The monoisotopic (exact) mass is 445 g/mol. The largest absolute Gasteiger partial charge is 0.496 e. The predicted octanol–water partition coefficient (Wildman–Crippen LogP) is 4.62. The van der Waals surface area contributed by atoms with E-state index in [9.17, 15) is 4.79 Å². The average molecular weight is 446 g/mol. The maximum absolute atomic E-state index is 12.6. The summed E-state index contributed by atoms with van der Waals surface area (Å²) in [6, 6.07) is 13.7. The van der Waals surface area contributed by atoms with E-state index in [0.717, 1.165) is 21.2 Å². The van der Waals surface area contributed by atoms with Crippen molar-refractivity contribution in [2.24, 2.45) is 10.2 Å². The van der Waals surface area contributed by atoms with Gasteiger partial charge in [0.25, 0.3) is 0 Å². The third-order valence-corrected chi connectivity index (χ3v) is 5.81. The van der Waals surface area contributed by atoms with Gasteiger partial charge in [0.05, 0.1) is 25.1 Å². The molecule has 2 aromatic carbocycles. The van der Waals surface area contributed by atoms with E-state index in [2.05, 4.69) is 26.1 Å². The number of ether oxygens (including phenoxy) is 1. The summed E-state index contributed by atoms with van der Waals surface area (Å²) in [5, 5.41) is 8.97. The number of carbonyl (C=O) groups excluding carboxylic acids is 1. The van der Waals surface area contributed by atoms with E-state index in [4.69, 9.17) is 4.74 Å². The van der Waals surface area contributed by atoms with Crippen LogP contribution in [0.25, 0.3) is 0 Å². The molecule has 1 heterocycles. The van der Waals surface area contributed by atoms with Gasteiger partial charge in [0.1, 0.15) is 5.75 Å². The van der Waals surface area contributed by atoms with Gasteiger partial charge in [-0.15, -0.1) is 5.10 Å². The smallest absolute Gasteiger partial charge is 0.242 e. The molecule has 0 aliphatic carbocycles. The van der Waals surface area contributed by atoms with E-state index in [1.165, 1.54) is 11.8 Å². The molecule has 1 aliphatic heterocycles. The van der Waals surface area contributed by atoms with Crippen LogP contribution >= 0.6 is 27.7 Å². The molecule has 1 atom stereocenters. The second-order valence-electron chi connectivity index (χ2n) is 6.12. The van der Waals surface area contributed by atoms with Gasteiger partial charge in [0, 0.05) is 10.0 Å². The molecular formula is C20H20BrN3O2S. The molecule has 1 fully saturated rings. The summed E-state index contributed by atoms with van der Waals surface area (Å²) >= 11 is 4.87. The third-order valence-electron chi connectivity index (χ3n) is 4.25. The zero-order valence-electron chi connectivity index (χ0n) is 15.3. The highest BCUT2D eigenvalue weighted by atomic mass is 79.9. The number of benzene rings is 2. The summed E-state index contributed by atoms with van der Waals surface area (Å²) in [4.78, 5) is 14.3. The lowest BCUT2D eigenvalue weighted by atomic mass is 10.1. The highest BCUT2D eigenvalue weighted by Gasteiger charge is 2.35. The van der Waals surface area contributed by atoms with Crippen LogP contribution < -0.4 is 4.74 Å². The Bertz CT molecular complexity index is 914. The van der Waals surface area contributed by atoms with E-state index in [-0.39, 0.29) is 11.2 Å². The molecule has 1 saturated heterocycles. The van der Waals surface area contributed by atoms with Crippen molar-refractivity contribution in [1.29, 1.82) is 0 Å². The van der Waals surface area contributed by atoms with E-state index >= 15 is 0 Å². The number of hydrogen-bond acceptors (Lipinski definition) is 5. The van der Waals surface area contributed by atoms with Gasteiger partial charge in [0.2, 0.25) is 5.91 Å².